The van der Waals surface area contributed by atoms with Gasteiger partial charge in [-0.25, -0.2) is 0 Å². The molecule has 0 spiro atoms. The van der Waals surface area contributed by atoms with E-state index < -0.39 is 0 Å². The fraction of sp³-hybridized carbons (Fsp3) is 1.00. The van der Waals surface area contributed by atoms with Gasteiger partial charge in [-0.05, 0) is 50.0 Å². The summed E-state index contributed by atoms with van der Waals surface area (Å²) in [6.07, 6.45) is 6.44. The van der Waals surface area contributed by atoms with Crippen LogP contribution in [0.15, 0.2) is 0 Å². The Labute approximate surface area is 101 Å². The molecular formula is C14H29NO. The maximum absolute atomic E-state index is 5.63. The summed E-state index contributed by atoms with van der Waals surface area (Å²) < 4.78 is 5.63. The molecule has 1 saturated carbocycles. The van der Waals surface area contributed by atoms with Crippen molar-refractivity contribution in [2.45, 2.75) is 52.9 Å². The van der Waals surface area contributed by atoms with E-state index in [-0.39, 0.29) is 0 Å². The van der Waals surface area contributed by atoms with Gasteiger partial charge in [-0.1, -0.05) is 20.8 Å². The van der Waals surface area contributed by atoms with Gasteiger partial charge in [-0.3, -0.25) is 0 Å². The molecule has 0 aliphatic heterocycles. The summed E-state index contributed by atoms with van der Waals surface area (Å²) in [5, 5.41) is 3.58. The van der Waals surface area contributed by atoms with Crippen LogP contribution < -0.4 is 5.32 Å². The summed E-state index contributed by atoms with van der Waals surface area (Å²) in [6.45, 7) is 11.0. The predicted octanol–water partition coefficient (Wildman–Crippen LogP) is 3.22. The van der Waals surface area contributed by atoms with Gasteiger partial charge in [0.25, 0.3) is 0 Å². The molecule has 1 unspecified atom stereocenters. The highest BCUT2D eigenvalue weighted by atomic mass is 16.5. The van der Waals surface area contributed by atoms with Crippen molar-refractivity contribution in [2.24, 2.45) is 11.3 Å². The first-order valence-electron chi connectivity index (χ1n) is 7.01. The standard InChI is InChI=1S/C14H29NO/c1-4-9-15-12-14(3,13-6-7-13)8-11-16-10-5-2/h13,15H,4-12H2,1-3H3. The molecular weight excluding hydrogens is 198 g/mol. The minimum Gasteiger partial charge on any atom is -0.381 e. The van der Waals surface area contributed by atoms with E-state index >= 15 is 0 Å². The summed E-state index contributed by atoms with van der Waals surface area (Å²) in [5.74, 6) is 0.946. The summed E-state index contributed by atoms with van der Waals surface area (Å²) in [4.78, 5) is 0. The first-order valence-corrected chi connectivity index (χ1v) is 7.01. The Kier molecular flexibility index (Phi) is 6.37. The molecule has 0 heterocycles. The lowest BCUT2D eigenvalue weighted by Crippen LogP contribution is -2.35. The third-order valence-corrected chi connectivity index (χ3v) is 3.68. The number of rotatable bonds is 10. The van der Waals surface area contributed by atoms with Crippen LogP contribution in [-0.4, -0.2) is 26.3 Å². The van der Waals surface area contributed by atoms with Crippen LogP contribution in [0.25, 0.3) is 0 Å². The molecule has 0 aromatic rings. The first kappa shape index (κ1) is 14.0. The monoisotopic (exact) mass is 227 g/mol. The molecule has 2 heteroatoms. The molecule has 0 saturated heterocycles. The van der Waals surface area contributed by atoms with Gasteiger partial charge >= 0.3 is 0 Å². The molecule has 0 aromatic carbocycles. The smallest absolute Gasteiger partial charge is 0.0471 e. The maximum Gasteiger partial charge on any atom is 0.0471 e. The lowest BCUT2D eigenvalue weighted by molar-refractivity contribution is 0.0902. The third-order valence-electron chi connectivity index (χ3n) is 3.68. The average molecular weight is 227 g/mol. The Bertz CT molecular complexity index is 180. The third kappa shape index (κ3) is 4.84. The normalized spacial score (nSPS) is 19.7. The Morgan fingerprint density at radius 2 is 1.94 bits per heavy atom. The summed E-state index contributed by atoms with van der Waals surface area (Å²) in [5.41, 5.74) is 0.475. The molecule has 0 amide bonds. The molecule has 1 aliphatic rings. The quantitative estimate of drug-likeness (QED) is 0.579. The van der Waals surface area contributed by atoms with E-state index in [4.69, 9.17) is 4.74 Å². The summed E-state index contributed by atoms with van der Waals surface area (Å²) in [7, 11) is 0. The topological polar surface area (TPSA) is 21.3 Å². The van der Waals surface area contributed by atoms with Crippen molar-refractivity contribution in [2.75, 3.05) is 26.3 Å². The van der Waals surface area contributed by atoms with Crippen molar-refractivity contribution >= 4 is 0 Å². The van der Waals surface area contributed by atoms with Gasteiger partial charge in [-0.2, -0.15) is 0 Å². The Morgan fingerprint density at radius 1 is 1.19 bits per heavy atom. The van der Waals surface area contributed by atoms with Crippen molar-refractivity contribution in [1.82, 2.24) is 5.32 Å². The maximum atomic E-state index is 5.63. The average Bonchev–Trinajstić information content (AvgIpc) is 3.09. The first-order chi connectivity index (χ1) is 7.73. The fourth-order valence-corrected chi connectivity index (χ4v) is 2.32. The molecule has 1 fully saturated rings. The molecule has 1 aliphatic carbocycles. The lowest BCUT2D eigenvalue weighted by atomic mass is 9.81. The molecule has 1 atom stereocenters. The van der Waals surface area contributed by atoms with Gasteiger partial charge in [0.1, 0.15) is 0 Å². The van der Waals surface area contributed by atoms with Crippen molar-refractivity contribution in [3.8, 4) is 0 Å². The van der Waals surface area contributed by atoms with Gasteiger partial charge in [-0.15, -0.1) is 0 Å². The predicted molar refractivity (Wildman–Crippen MR) is 69.7 cm³/mol. The van der Waals surface area contributed by atoms with Crippen LogP contribution in [0.5, 0.6) is 0 Å². The van der Waals surface area contributed by atoms with E-state index in [9.17, 15) is 0 Å². The van der Waals surface area contributed by atoms with Crippen LogP contribution >= 0.6 is 0 Å². The van der Waals surface area contributed by atoms with Crippen molar-refractivity contribution in [3.63, 3.8) is 0 Å². The second-order valence-corrected chi connectivity index (χ2v) is 5.47. The minimum atomic E-state index is 0.475. The SMILES string of the molecule is CCCNCC(C)(CCOCCC)C1CC1. The number of ether oxygens (including phenoxy) is 1. The van der Waals surface area contributed by atoms with Crippen molar-refractivity contribution in [3.05, 3.63) is 0 Å². The van der Waals surface area contributed by atoms with Crippen molar-refractivity contribution < 1.29 is 4.74 Å². The Morgan fingerprint density at radius 3 is 2.50 bits per heavy atom. The molecule has 0 bridgehead atoms. The number of nitrogens with one attached hydrogen (secondary N) is 1. The van der Waals surface area contributed by atoms with E-state index in [1.165, 1.54) is 32.2 Å². The minimum absolute atomic E-state index is 0.475. The van der Waals surface area contributed by atoms with E-state index in [0.717, 1.165) is 32.1 Å². The fourth-order valence-electron chi connectivity index (χ4n) is 2.32. The van der Waals surface area contributed by atoms with Gasteiger partial charge in [0, 0.05) is 19.8 Å². The Hall–Kier alpha value is -0.0800. The summed E-state index contributed by atoms with van der Waals surface area (Å²) in [6, 6.07) is 0. The zero-order valence-corrected chi connectivity index (χ0v) is 11.3. The number of hydrogen-bond donors (Lipinski definition) is 1. The van der Waals surface area contributed by atoms with Crippen LogP contribution in [0.3, 0.4) is 0 Å². The summed E-state index contributed by atoms with van der Waals surface area (Å²) >= 11 is 0. The van der Waals surface area contributed by atoms with E-state index in [1.807, 2.05) is 0 Å². The van der Waals surface area contributed by atoms with Gasteiger partial charge in [0.05, 0.1) is 0 Å². The van der Waals surface area contributed by atoms with Gasteiger partial charge in [0.15, 0.2) is 0 Å². The highest BCUT2D eigenvalue weighted by molar-refractivity contribution is 4.92. The zero-order valence-electron chi connectivity index (χ0n) is 11.3. The van der Waals surface area contributed by atoms with Crippen LogP contribution in [-0.2, 0) is 4.74 Å². The lowest BCUT2D eigenvalue weighted by Gasteiger charge is -2.30. The van der Waals surface area contributed by atoms with Gasteiger partial charge in [0.2, 0.25) is 0 Å². The van der Waals surface area contributed by atoms with Crippen LogP contribution in [0.1, 0.15) is 52.9 Å². The second kappa shape index (κ2) is 7.29. The van der Waals surface area contributed by atoms with Crippen LogP contribution in [0, 0.1) is 11.3 Å². The molecule has 1 rings (SSSR count). The molecule has 0 radical (unpaired) electrons. The van der Waals surface area contributed by atoms with E-state index in [2.05, 4.69) is 26.1 Å². The largest absolute Gasteiger partial charge is 0.381 e. The molecule has 16 heavy (non-hydrogen) atoms. The Balaban J connectivity index is 2.21. The highest BCUT2D eigenvalue weighted by Crippen LogP contribution is 2.47. The van der Waals surface area contributed by atoms with Gasteiger partial charge < -0.3 is 10.1 Å². The van der Waals surface area contributed by atoms with E-state index in [1.54, 1.807) is 0 Å². The second-order valence-electron chi connectivity index (χ2n) is 5.47. The molecule has 2 nitrogen and oxygen atoms in total. The number of hydrogen-bond acceptors (Lipinski definition) is 2. The molecule has 0 aromatic heterocycles. The van der Waals surface area contributed by atoms with Crippen LogP contribution in [0.4, 0.5) is 0 Å². The molecule has 1 N–H and O–H groups in total. The van der Waals surface area contributed by atoms with Crippen molar-refractivity contribution in [1.29, 1.82) is 0 Å². The highest BCUT2D eigenvalue weighted by Gasteiger charge is 2.40. The molecule has 96 valence electrons. The zero-order chi connectivity index (χ0) is 11.9. The van der Waals surface area contributed by atoms with Crippen LogP contribution in [0.2, 0.25) is 0 Å². The van der Waals surface area contributed by atoms with E-state index in [0.29, 0.717) is 5.41 Å².